The molecule has 1 amide bonds. The van der Waals surface area contributed by atoms with Crippen LogP contribution in [0.2, 0.25) is 0 Å². The number of pyridine rings is 1. The van der Waals surface area contributed by atoms with E-state index in [2.05, 4.69) is 22.0 Å². The lowest BCUT2D eigenvalue weighted by Crippen LogP contribution is -2.64. The van der Waals surface area contributed by atoms with Gasteiger partial charge in [-0.05, 0) is 37.8 Å². The Morgan fingerprint density at radius 3 is 2.96 bits per heavy atom. The van der Waals surface area contributed by atoms with Gasteiger partial charge in [-0.25, -0.2) is 0 Å². The monoisotopic (exact) mass is 347 g/mol. The standard InChI is InChI=1S/C19H29N3O3/c1-15-5-4-6-17(20-15)11-22-13-19(14-22)16(8-10-25-19)7-9-24-12-18(23)21(2)3/h4-6,16H,7-14H2,1-3H3. The van der Waals surface area contributed by atoms with Crippen molar-refractivity contribution in [3.63, 3.8) is 0 Å². The van der Waals surface area contributed by atoms with E-state index in [1.54, 1.807) is 19.0 Å². The summed E-state index contributed by atoms with van der Waals surface area (Å²) in [7, 11) is 3.50. The summed E-state index contributed by atoms with van der Waals surface area (Å²) in [4.78, 5) is 20.1. The molecule has 3 rings (SSSR count). The molecule has 2 aliphatic heterocycles. The summed E-state index contributed by atoms with van der Waals surface area (Å²) >= 11 is 0. The molecule has 1 aromatic heterocycles. The normalized spacial score (nSPS) is 22.1. The van der Waals surface area contributed by atoms with Crippen LogP contribution in [0.3, 0.4) is 0 Å². The first kappa shape index (κ1) is 18.3. The van der Waals surface area contributed by atoms with Crippen molar-refractivity contribution in [3.8, 4) is 0 Å². The first-order valence-corrected chi connectivity index (χ1v) is 9.05. The number of likely N-dealkylation sites (N-methyl/N-ethyl adjacent to an activating group) is 1. The van der Waals surface area contributed by atoms with Crippen LogP contribution in [0.5, 0.6) is 0 Å². The van der Waals surface area contributed by atoms with Gasteiger partial charge in [0.1, 0.15) is 6.61 Å². The topological polar surface area (TPSA) is 54.9 Å². The minimum Gasteiger partial charge on any atom is -0.372 e. The van der Waals surface area contributed by atoms with E-state index in [9.17, 15) is 4.79 Å². The predicted molar refractivity (Wildman–Crippen MR) is 95.2 cm³/mol. The van der Waals surface area contributed by atoms with Crippen LogP contribution in [0.25, 0.3) is 0 Å². The Kier molecular flexibility index (Phi) is 5.71. The number of hydrogen-bond acceptors (Lipinski definition) is 5. The van der Waals surface area contributed by atoms with Crippen LogP contribution in [-0.4, -0.2) is 73.3 Å². The second-order valence-corrected chi connectivity index (χ2v) is 7.44. The molecule has 1 aromatic rings. The van der Waals surface area contributed by atoms with Crippen molar-refractivity contribution in [1.82, 2.24) is 14.8 Å². The van der Waals surface area contributed by atoms with Gasteiger partial charge in [0.2, 0.25) is 5.91 Å². The van der Waals surface area contributed by atoms with Gasteiger partial charge in [0, 0.05) is 52.6 Å². The summed E-state index contributed by atoms with van der Waals surface area (Å²) < 4.78 is 11.7. The summed E-state index contributed by atoms with van der Waals surface area (Å²) in [6.07, 6.45) is 2.04. The Balaban J connectivity index is 1.42. The maximum absolute atomic E-state index is 11.5. The fourth-order valence-electron chi connectivity index (χ4n) is 3.80. The second-order valence-electron chi connectivity index (χ2n) is 7.44. The highest BCUT2D eigenvalue weighted by Crippen LogP contribution is 2.42. The number of hydrogen-bond donors (Lipinski definition) is 0. The van der Waals surface area contributed by atoms with Crippen LogP contribution in [0.1, 0.15) is 24.2 Å². The first-order chi connectivity index (χ1) is 12.0. The van der Waals surface area contributed by atoms with Crippen molar-refractivity contribution >= 4 is 5.91 Å². The molecule has 0 saturated carbocycles. The summed E-state index contributed by atoms with van der Waals surface area (Å²) in [5.74, 6) is 0.529. The summed E-state index contributed by atoms with van der Waals surface area (Å²) in [6, 6.07) is 6.17. The molecule has 0 aromatic carbocycles. The van der Waals surface area contributed by atoms with E-state index >= 15 is 0 Å². The average Bonchev–Trinajstić information content (AvgIpc) is 2.94. The number of carbonyl (C=O) groups excluding carboxylic acids is 1. The van der Waals surface area contributed by atoms with Crippen LogP contribution in [-0.2, 0) is 20.8 Å². The molecule has 2 aliphatic rings. The molecular weight excluding hydrogens is 318 g/mol. The highest BCUT2D eigenvalue weighted by Gasteiger charge is 2.52. The Hall–Kier alpha value is -1.50. The largest absolute Gasteiger partial charge is 0.372 e. The number of likely N-dealkylation sites (tertiary alicyclic amines) is 1. The third-order valence-corrected chi connectivity index (χ3v) is 5.25. The average molecular weight is 347 g/mol. The molecule has 1 unspecified atom stereocenters. The van der Waals surface area contributed by atoms with Crippen molar-refractivity contribution in [2.24, 2.45) is 5.92 Å². The Bertz CT molecular complexity index is 599. The lowest BCUT2D eigenvalue weighted by molar-refractivity contribution is -0.141. The zero-order chi connectivity index (χ0) is 17.9. The molecule has 25 heavy (non-hydrogen) atoms. The van der Waals surface area contributed by atoms with Gasteiger partial charge in [-0.1, -0.05) is 6.07 Å². The number of nitrogens with zero attached hydrogens (tertiary/aromatic N) is 3. The van der Waals surface area contributed by atoms with E-state index in [0.717, 1.165) is 50.5 Å². The third-order valence-electron chi connectivity index (χ3n) is 5.25. The minimum absolute atomic E-state index is 0.0119. The Morgan fingerprint density at radius 2 is 2.24 bits per heavy atom. The van der Waals surface area contributed by atoms with Gasteiger partial charge in [0.05, 0.1) is 11.3 Å². The van der Waals surface area contributed by atoms with E-state index < -0.39 is 0 Å². The molecule has 2 fully saturated rings. The van der Waals surface area contributed by atoms with Gasteiger partial charge in [-0.3, -0.25) is 14.7 Å². The first-order valence-electron chi connectivity index (χ1n) is 9.05. The lowest BCUT2D eigenvalue weighted by Gasteiger charge is -2.50. The third kappa shape index (κ3) is 4.37. The van der Waals surface area contributed by atoms with Crippen molar-refractivity contribution in [2.45, 2.75) is 31.9 Å². The Labute approximate surface area is 150 Å². The van der Waals surface area contributed by atoms with E-state index in [1.807, 2.05) is 13.0 Å². The predicted octanol–water partition coefficient (Wildman–Crippen LogP) is 1.48. The van der Waals surface area contributed by atoms with Crippen LogP contribution >= 0.6 is 0 Å². The smallest absolute Gasteiger partial charge is 0.248 e. The van der Waals surface area contributed by atoms with Crippen LogP contribution < -0.4 is 0 Å². The van der Waals surface area contributed by atoms with E-state index in [1.165, 1.54) is 0 Å². The van der Waals surface area contributed by atoms with Gasteiger partial charge in [0.15, 0.2) is 0 Å². The Morgan fingerprint density at radius 1 is 1.44 bits per heavy atom. The van der Waals surface area contributed by atoms with Gasteiger partial charge in [-0.15, -0.1) is 0 Å². The number of aryl methyl sites for hydroxylation is 1. The highest BCUT2D eigenvalue weighted by molar-refractivity contribution is 5.76. The highest BCUT2D eigenvalue weighted by atomic mass is 16.5. The zero-order valence-electron chi connectivity index (χ0n) is 15.5. The molecule has 0 N–H and O–H groups in total. The van der Waals surface area contributed by atoms with Crippen LogP contribution in [0.15, 0.2) is 18.2 Å². The van der Waals surface area contributed by atoms with Crippen LogP contribution in [0, 0.1) is 12.8 Å². The molecule has 3 heterocycles. The minimum atomic E-state index is -0.0151. The molecule has 1 spiro atoms. The van der Waals surface area contributed by atoms with Crippen molar-refractivity contribution in [2.75, 3.05) is 47.0 Å². The quantitative estimate of drug-likeness (QED) is 0.699. The van der Waals surface area contributed by atoms with Gasteiger partial charge >= 0.3 is 0 Å². The zero-order valence-corrected chi connectivity index (χ0v) is 15.5. The number of ether oxygens (including phenoxy) is 2. The van der Waals surface area contributed by atoms with Crippen molar-refractivity contribution in [3.05, 3.63) is 29.6 Å². The number of amides is 1. The SMILES string of the molecule is Cc1cccc(CN2CC3(C2)OCCC3CCOCC(=O)N(C)C)n1. The lowest BCUT2D eigenvalue weighted by atomic mass is 9.79. The molecule has 138 valence electrons. The molecular formula is C19H29N3O3. The van der Waals surface area contributed by atoms with E-state index in [4.69, 9.17) is 9.47 Å². The maximum atomic E-state index is 11.5. The molecule has 0 bridgehead atoms. The summed E-state index contributed by atoms with van der Waals surface area (Å²) in [6.45, 7) is 6.45. The van der Waals surface area contributed by atoms with Crippen LogP contribution in [0.4, 0.5) is 0 Å². The second kappa shape index (κ2) is 7.81. The molecule has 6 nitrogen and oxygen atoms in total. The maximum Gasteiger partial charge on any atom is 0.248 e. The van der Waals surface area contributed by atoms with Gasteiger partial charge in [0.25, 0.3) is 0 Å². The molecule has 6 heteroatoms. The van der Waals surface area contributed by atoms with E-state index in [-0.39, 0.29) is 18.1 Å². The number of carbonyl (C=O) groups is 1. The molecule has 0 radical (unpaired) electrons. The van der Waals surface area contributed by atoms with E-state index in [0.29, 0.717) is 12.5 Å². The fourth-order valence-corrected chi connectivity index (χ4v) is 3.80. The number of rotatable bonds is 7. The summed E-state index contributed by atoms with van der Waals surface area (Å²) in [5, 5.41) is 0. The fraction of sp³-hybridized carbons (Fsp3) is 0.684. The van der Waals surface area contributed by atoms with Gasteiger partial charge in [-0.2, -0.15) is 0 Å². The van der Waals surface area contributed by atoms with Gasteiger partial charge < -0.3 is 14.4 Å². The molecule has 2 saturated heterocycles. The molecule has 1 atom stereocenters. The summed E-state index contributed by atoms with van der Waals surface area (Å²) in [5.41, 5.74) is 2.17. The number of aromatic nitrogens is 1. The molecule has 0 aliphatic carbocycles. The van der Waals surface area contributed by atoms with Crippen molar-refractivity contribution < 1.29 is 14.3 Å². The van der Waals surface area contributed by atoms with Crippen molar-refractivity contribution in [1.29, 1.82) is 0 Å².